The number of Topliss-reactive ketones (excluding diaryl/α,β-unsaturated/α-hetero) is 1. The van der Waals surface area contributed by atoms with Crippen molar-refractivity contribution in [3.8, 4) is 0 Å². The Morgan fingerprint density at radius 3 is 3.06 bits per heavy atom. The summed E-state index contributed by atoms with van der Waals surface area (Å²) in [7, 11) is 0. The summed E-state index contributed by atoms with van der Waals surface area (Å²) in [5.41, 5.74) is 7.00. The lowest BCUT2D eigenvalue weighted by Crippen LogP contribution is -2.23. The van der Waals surface area contributed by atoms with Gasteiger partial charge in [0, 0.05) is 24.0 Å². The molecule has 0 aromatic carbocycles. The Bertz CT molecular complexity index is 403. The normalized spacial score (nSPS) is 24.5. The maximum absolute atomic E-state index is 12.4. The van der Waals surface area contributed by atoms with Crippen LogP contribution in [0.5, 0.6) is 0 Å². The lowest BCUT2D eigenvalue weighted by Gasteiger charge is -2.27. The molecule has 1 fully saturated rings. The van der Waals surface area contributed by atoms with Crippen molar-refractivity contribution in [3.05, 3.63) is 24.0 Å². The van der Waals surface area contributed by atoms with E-state index < -0.39 is 0 Å². The first-order valence-corrected chi connectivity index (χ1v) is 6.46. The van der Waals surface area contributed by atoms with Crippen LogP contribution in [0, 0.1) is 11.8 Å². The highest BCUT2D eigenvalue weighted by Crippen LogP contribution is 2.33. The number of nitrogens with zero attached hydrogens (tertiary/aromatic N) is 1. The van der Waals surface area contributed by atoms with Gasteiger partial charge in [-0.1, -0.05) is 26.2 Å². The minimum atomic E-state index is 0.153. The first kappa shape index (κ1) is 12.1. The zero-order chi connectivity index (χ0) is 12.3. The van der Waals surface area contributed by atoms with E-state index in [0.29, 0.717) is 17.2 Å². The molecule has 0 saturated heterocycles. The number of pyridine rings is 1. The van der Waals surface area contributed by atoms with Crippen molar-refractivity contribution in [2.24, 2.45) is 11.8 Å². The van der Waals surface area contributed by atoms with Crippen LogP contribution in [0.1, 0.15) is 49.4 Å². The number of nitrogen functional groups attached to an aromatic ring is 1. The molecule has 2 unspecified atom stereocenters. The molecular weight excluding hydrogens is 212 g/mol. The number of carbonyl (C=O) groups excluding carboxylic acids is 1. The molecule has 2 rings (SSSR count). The van der Waals surface area contributed by atoms with Gasteiger partial charge in [0.1, 0.15) is 0 Å². The predicted octanol–water partition coefficient (Wildman–Crippen LogP) is 3.06. The summed E-state index contributed by atoms with van der Waals surface area (Å²) in [5.74, 6) is 1.05. The van der Waals surface area contributed by atoms with E-state index in [1.807, 2.05) is 0 Å². The molecule has 1 heterocycles. The summed E-state index contributed by atoms with van der Waals surface area (Å²) in [6, 6.07) is 1.70. The van der Waals surface area contributed by atoms with Gasteiger partial charge in [-0.15, -0.1) is 0 Å². The molecule has 1 saturated carbocycles. The highest BCUT2D eigenvalue weighted by Gasteiger charge is 2.27. The van der Waals surface area contributed by atoms with Crippen LogP contribution in [0.3, 0.4) is 0 Å². The van der Waals surface area contributed by atoms with E-state index in [0.717, 1.165) is 19.3 Å². The maximum atomic E-state index is 12.4. The van der Waals surface area contributed by atoms with E-state index in [1.165, 1.54) is 12.8 Å². The molecule has 92 valence electrons. The van der Waals surface area contributed by atoms with Gasteiger partial charge >= 0.3 is 0 Å². The minimum Gasteiger partial charge on any atom is -0.398 e. The average molecular weight is 232 g/mol. The molecule has 1 aliphatic carbocycles. The van der Waals surface area contributed by atoms with Crippen LogP contribution in [0.2, 0.25) is 0 Å². The van der Waals surface area contributed by atoms with E-state index in [2.05, 4.69) is 11.9 Å². The number of ketones is 1. The first-order chi connectivity index (χ1) is 8.22. The van der Waals surface area contributed by atoms with E-state index in [4.69, 9.17) is 5.73 Å². The number of carbonyl (C=O) groups is 1. The van der Waals surface area contributed by atoms with Gasteiger partial charge < -0.3 is 5.73 Å². The van der Waals surface area contributed by atoms with Crippen molar-refractivity contribution in [3.63, 3.8) is 0 Å². The average Bonchev–Trinajstić information content (AvgIpc) is 2.38. The molecule has 1 aliphatic rings. The zero-order valence-electron chi connectivity index (χ0n) is 10.4. The van der Waals surface area contributed by atoms with Crippen molar-refractivity contribution < 1.29 is 4.79 Å². The molecule has 2 N–H and O–H groups in total. The van der Waals surface area contributed by atoms with Crippen LogP contribution in [0.15, 0.2) is 18.5 Å². The summed E-state index contributed by atoms with van der Waals surface area (Å²) < 4.78 is 0. The molecule has 3 heteroatoms. The van der Waals surface area contributed by atoms with Gasteiger partial charge in [0.15, 0.2) is 5.78 Å². The molecular formula is C14H20N2O. The summed E-state index contributed by atoms with van der Waals surface area (Å²) >= 11 is 0. The fraction of sp³-hybridized carbons (Fsp3) is 0.571. The Kier molecular flexibility index (Phi) is 3.77. The third kappa shape index (κ3) is 2.65. The third-order valence-electron chi connectivity index (χ3n) is 3.85. The van der Waals surface area contributed by atoms with Gasteiger partial charge in [0.05, 0.1) is 5.56 Å². The maximum Gasteiger partial charge on any atom is 0.169 e. The molecule has 0 radical (unpaired) electrons. The van der Waals surface area contributed by atoms with E-state index >= 15 is 0 Å². The van der Waals surface area contributed by atoms with Gasteiger partial charge in [-0.05, 0) is 24.8 Å². The Morgan fingerprint density at radius 2 is 2.35 bits per heavy atom. The summed E-state index contributed by atoms with van der Waals surface area (Å²) in [6.45, 7) is 2.20. The molecule has 0 bridgehead atoms. The van der Waals surface area contributed by atoms with Gasteiger partial charge in [0.25, 0.3) is 0 Å². The topological polar surface area (TPSA) is 56.0 Å². The van der Waals surface area contributed by atoms with Gasteiger partial charge in [-0.3, -0.25) is 9.78 Å². The first-order valence-electron chi connectivity index (χ1n) is 6.46. The van der Waals surface area contributed by atoms with E-state index in [9.17, 15) is 4.79 Å². The van der Waals surface area contributed by atoms with Crippen molar-refractivity contribution in [1.29, 1.82) is 0 Å². The van der Waals surface area contributed by atoms with Crippen LogP contribution in [-0.4, -0.2) is 10.8 Å². The molecule has 2 atom stereocenters. The monoisotopic (exact) mass is 232 g/mol. The van der Waals surface area contributed by atoms with Crippen molar-refractivity contribution in [2.75, 3.05) is 5.73 Å². The molecule has 0 amide bonds. The fourth-order valence-electron chi connectivity index (χ4n) is 2.73. The molecule has 3 nitrogen and oxygen atoms in total. The van der Waals surface area contributed by atoms with E-state index in [-0.39, 0.29) is 11.7 Å². The van der Waals surface area contributed by atoms with E-state index in [1.54, 1.807) is 18.5 Å². The van der Waals surface area contributed by atoms with Gasteiger partial charge in [-0.25, -0.2) is 0 Å². The Morgan fingerprint density at radius 1 is 1.53 bits per heavy atom. The van der Waals surface area contributed by atoms with Crippen molar-refractivity contribution in [2.45, 2.75) is 39.0 Å². The van der Waals surface area contributed by atoms with Crippen molar-refractivity contribution >= 4 is 11.5 Å². The molecule has 0 spiro atoms. The van der Waals surface area contributed by atoms with Crippen LogP contribution in [0.4, 0.5) is 5.69 Å². The van der Waals surface area contributed by atoms with Crippen LogP contribution in [0.25, 0.3) is 0 Å². The van der Waals surface area contributed by atoms with Gasteiger partial charge in [-0.2, -0.15) is 0 Å². The second-order valence-corrected chi connectivity index (χ2v) is 4.96. The summed E-state index contributed by atoms with van der Waals surface area (Å²) in [5, 5.41) is 0. The van der Waals surface area contributed by atoms with Crippen LogP contribution < -0.4 is 5.73 Å². The molecule has 0 aliphatic heterocycles. The largest absolute Gasteiger partial charge is 0.398 e. The number of rotatable bonds is 3. The van der Waals surface area contributed by atoms with Crippen LogP contribution >= 0.6 is 0 Å². The lowest BCUT2D eigenvalue weighted by atomic mass is 9.77. The second kappa shape index (κ2) is 5.30. The third-order valence-corrected chi connectivity index (χ3v) is 3.85. The Labute approximate surface area is 102 Å². The Balaban J connectivity index is 2.12. The SMILES string of the molecule is CCC1CCCC(C(=O)c2cnccc2N)C1. The van der Waals surface area contributed by atoms with Crippen LogP contribution in [-0.2, 0) is 0 Å². The number of hydrogen-bond donors (Lipinski definition) is 1. The number of aromatic nitrogens is 1. The second-order valence-electron chi connectivity index (χ2n) is 4.96. The lowest BCUT2D eigenvalue weighted by molar-refractivity contribution is 0.0862. The molecule has 1 aromatic rings. The predicted molar refractivity (Wildman–Crippen MR) is 68.7 cm³/mol. The quantitative estimate of drug-likeness (QED) is 0.815. The number of nitrogens with two attached hydrogens (primary N) is 1. The zero-order valence-corrected chi connectivity index (χ0v) is 10.4. The van der Waals surface area contributed by atoms with Gasteiger partial charge in [0.2, 0.25) is 0 Å². The number of hydrogen-bond acceptors (Lipinski definition) is 3. The van der Waals surface area contributed by atoms with Crippen molar-refractivity contribution in [1.82, 2.24) is 4.98 Å². The highest BCUT2D eigenvalue weighted by atomic mass is 16.1. The summed E-state index contributed by atoms with van der Waals surface area (Å²) in [4.78, 5) is 16.4. The minimum absolute atomic E-state index is 0.153. The molecule has 1 aromatic heterocycles. The summed E-state index contributed by atoms with van der Waals surface area (Å²) in [6.07, 6.45) is 8.85. The molecule has 17 heavy (non-hydrogen) atoms. The Hall–Kier alpha value is -1.38. The fourth-order valence-corrected chi connectivity index (χ4v) is 2.73. The standard InChI is InChI=1S/C14H20N2O/c1-2-10-4-3-5-11(8-10)14(17)12-9-16-7-6-13(12)15/h6-7,9-11H,2-5,8H2,1H3,(H2,15,16). The smallest absolute Gasteiger partial charge is 0.169 e. The number of anilines is 1. The highest BCUT2D eigenvalue weighted by molar-refractivity contribution is 6.01.